The van der Waals surface area contributed by atoms with Crippen LogP contribution in [0.4, 0.5) is 0 Å². The van der Waals surface area contributed by atoms with Gasteiger partial charge in [0.2, 0.25) is 0 Å². The maximum Gasteiger partial charge on any atom is 0.123 e. The molecular formula is C15H18OS2. The molecule has 0 fully saturated rings. The fraction of sp³-hybridized carbons (Fsp3) is 0.333. The van der Waals surface area contributed by atoms with Crippen molar-refractivity contribution in [2.45, 2.75) is 18.2 Å². The molecule has 0 saturated heterocycles. The number of rotatable bonds is 6. The molecule has 0 aromatic heterocycles. The van der Waals surface area contributed by atoms with Gasteiger partial charge in [-0.05, 0) is 41.2 Å². The minimum atomic E-state index is 0.372. The van der Waals surface area contributed by atoms with Gasteiger partial charge in [0.25, 0.3) is 0 Å². The number of hydrogen-bond acceptors (Lipinski definition) is 3. The first-order chi connectivity index (χ1) is 8.83. The van der Waals surface area contributed by atoms with E-state index < -0.39 is 0 Å². The SMILES string of the molecule is CCSCCCSc1ccc(O)c2ccccc12. The van der Waals surface area contributed by atoms with Crippen LogP contribution in [0.15, 0.2) is 41.3 Å². The maximum atomic E-state index is 9.82. The van der Waals surface area contributed by atoms with Crippen LogP contribution >= 0.6 is 23.5 Å². The Morgan fingerprint density at radius 3 is 2.56 bits per heavy atom. The highest BCUT2D eigenvalue weighted by molar-refractivity contribution is 8.00. The number of aromatic hydroxyl groups is 1. The van der Waals surface area contributed by atoms with Gasteiger partial charge in [-0.1, -0.05) is 31.2 Å². The summed E-state index contributed by atoms with van der Waals surface area (Å²) >= 11 is 3.88. The van der Waals surface area contributed by atoms with Gasteiger partial charge >= 0.3 is 0 Å². The second-order valence-electron chi connectivity index (χ2n) is 4.03. The molecule has 0 amide bonds. The fourth-order valence-corrected chi connectivity index (χ4v) is 3.70. The van der Waals surface area contributed by atoms with E-state index in [2.05, 4.69) is 13.0 Å². The van der Waals surface area contributed by atoms with E-state index in [1.165, 1.54) is 22.8 Å². The first-order valence-corrected chi connectivity index (χ1v) is 8.38. The molecule has 0 unspecified atom stereocenters. The van der Waals surface area contributed by atoms with Crippen molar-refractivity contribution in [3.8, 4) is 5.75 Å². The van der Waals surface area contributed by atoms with Crippen LogP contribution in [0.3, 0.4) is 0 Å². The molecule has 0 aliphatic heterocycles. The Morgan fingerprint density at radius 1 is 1.00 bits per heavy atom. The molecule has 96 valence electrons. The number of fused-ring (bicyclic) bond motifs is 1. The van der Waals surface area contributed by atoms with E-state index in [0.29, 0.717) is 5.75 Å². The van der Waals surface area contributed by atoms with Gasteiger partial charge in [-0.3, -0.25) is 0 Å². The smallest absolute Gasteiger partial charge is 0.123 e. The van der Waals surface area contributed by atoms with Crippen LogP contribution in [0.1, 0.15) is 13.3 Å². The van der Waals surface area contributed by atoms with Gasteiger partial charge in [0.1, 0.15) is 5.75 Å². The van der Waals surface area contributed by atoms with Crippen molar-refractivity contribution in [3.05, 3.63) is 36.4 Å². The zero-order chi connectivity index (χ0) is 12.8. The van der Waals surface area contributed by atoms with E-state index in [1.807, 2.05) is 47.8 Å². The lowest BCUT2D eigenvalue weighted by molar-refractivity contribution is 0.481. The number of phenolic OH excluding ortho intramolecular Hbond substituents is 1. The molecule has 2 aromatic rings. The van der Waals surface area contributed by atoms with Gasteiger partial charge in [-0.25, -0.2) is 0 Å². The third-order valence-electron chi connectivity index (χ3n) is 2.76. The number of hydrogen-bond donors (Lipinski definition) is 1. The van der Waals surface area contributed by atoms with E-state index in [0.717, 1.165) is 16.5 Å². The molecule has 2 rings (SSSR count). The van der Waals surface area contributed by atoms with Crippen molar-refractivity contribution in [3.63, 3.8) is 0 Å². The normalized spacial score (nSPS) is 10.9. The summed E-state index contributed by atoms with van der Waals surface area (Å²) in [5.41, 5.74) is 0. The summed E-state index contributed by atoms with van der Waals surface area (Å²) in [4.78, 5) is 1.27. The van der Waals surface area contributed by atoms with Crippen LogP contribution in [0.25, 0.3) is 10.8 Å². The summed E-state index contributed by atoms with van der Waals surface area (Å²) in [6.45, 7) is 2.20. The van der Waals surface area contributed by atoms with Crippen LogP contribution < -0.4 is 0 Å². The summed E-state index contributed by atoms with van der Waals surface area (Å²) in [6, 6.07) is 11.9. The lowest BCUT2D eigenvalue weighted by Gasteiger charge is -2.07. The molecule has 0 radical (unpaired) electrons. The second-order valence-corrected chi connectivity index (χ2v) is 6.56. The molecule has 0 saturated carbocycles. The van der Waals surface area contributed by atoms with Crippen LogP contribution in [0, 0.1) is 0 Å². The minimum absolute atomic E-state index is 0.372. The summed E-state index contributed by atoms with van der Waals surface area (Å²) in [6.07, 6.45) is 1.23. The molecule has 0 aliphatic rings. The first-order valence-electron chi connectivity index (χ1n) is 6.24. The van der Waals surface area contributed by atoms with Crippen LogP contribution in [-0.4, -0.2) is 22.4 Å². The van der Waals surface area contributed by atoms with Gasteiger partial charge in [0.05, 0.1) is 0 Å². The Morgan fingerprint density at radius 2 is 1.78 bits per heavy atom. The van der Waals surface area contributed by atoms with Crippen LogP contribution in [-0.2, 0) is 0 Å². The third kappa shape index (κ3) is 3.36. The molecule has 0 spiro atoms. The Labute approximate surface area is 117 Å². The third-order valence-corrected chi connectivity index (χ3v) is 4.90. The predicted octanol–water partition coefficient (Wildman–Crippen LogP) is 4.78. The summed E-state index contributed by atoms with van der Waals surface area (Å²) in [7, 11) is 0. The minimum Gasteiger partial charge on any atom is -0.507 e. The molecule has 18 heavy (non-hydrogen) atoms. The van der Waals surface area contributed by atoms with Crippen molar-refractivity contribution >= 4 is 34.3 Å². The quantitative estimate of drug-likeness (QED) is 0.606. The monoisotopic (exact) mass is 278 g/mol. The van der Waals surface area contributed by atoms with Crippen LogP contribution in [0.5, 0.6) is 5.75 Å². The van der Waals surface area contributed by atoms with E-state index in [9.17, 15) is 5.11 Å². The van der Waals surface area contributed by atoms with E-state index in [1.54, 1.807) is 6.07 Å². The molecule has 0 aliphatic carbocycles. The van der Waals surface area contributed by atoms with Crippen molar-refractivity contribution in [1.29, 1.82) is 0 Å². The zero-order valence-electron chi connectivity index (χ0n) is 10.6. The molecule has 1 N–H and O–H groups in total. The summed E-state index contributed by atoms with van der Waals surface area (Å²) < 4.78 is 0. The van der Waals surface area contributed by atoms with Crippen molar-refractivity contribution in [2.75, 3.05) is 17.3 Å². The van der Waals surface area contributed by atoms with E-state index >= 15 is 0 Å². The Hall–Kier alpha value is -0.800. The standard InChI is InChI=1S/C15H18OS2/c1-2-17-10-5-11-18-15-9-8-14(16)12-6-3-4-7-13(12)15/h3-4,6-9,16H,2,5,10-11H2,1H3. The summed E-state index contributed by atoms with van der Waals surface area (Å²) in [5, 5.41) is 11.9. The fourth-order valence-electron chi connectivity index (χ4n) is 1.87. The average Bonchev–Trinajstić information content (AvgIpc) is 2.41. The highest BCUT2D eigenvalue weighted by atomic mass is 32.2. The molecule has 0 heterocycles. The average molecular weight is 278 g/mol. The Kier molecular flexibility index (Phi) is 5.26. The van der Waals surface area contributed by atoms with E-state index in [-0.39, 0.29) is 0 Å². The van der Waals surface area contributed by atoms with Crippen molar-refractivity contribution < 1.29 is 5.11 Å². The zero-order valence-corrected chi connectivity index (χ0v) is 12.2. The highest BCUT2D eigenvalue weighted by Gasteiger charge is 2.04. The molecule has 1 nitrogen and oxygen atoms in total. The Balaban J connectivity index is 2.07. The first kappa shape index (κ1) is 13.6. The lowest BCUT2D eigenvalue weighted by atomic mass is 10.1. The number of benzene rings is 2. The van der Waals surface area contributed by atoms with Gasteiger partial charge in [-0.15, -0.1) is 11.8 Å². The van der Waals surface area contributed by atoms with Crippen molar-refractivity contribution in [1.82, 2.24) is 0 Å². The van der Waals surface area contributed by atoms with Crippen molar-refractivity contribution in [2.24, 2.45) is 0 Å². The molecule has 0 atom stereocenters. The molecule has 0 bridgehead atoms. The summed E-state index contributed by atoms with van der Waals surface area (Å²) in [5.74, 6) is 3.95. The van der Waals surface area contributed by atoms with Gasteiger partial charge in [0.15, 0.2) is 0 Å². The topological polar surface area (TPSA) is 20.2 Å². The largest absolute Gasteiger partial charge is 0.507 e. The lowest BCUT2D eigenvalue weighted by Crippen LogP contribution is -1.86. The van der Waals surface area contributed by atoms with Crippen LogP contribution in [0.2, 0.25) is 0 Å². The second kappa shape index (κ2) is 6.95. The number of thioether (sulfide) groups is 2. The molecule has 3 heteroatoms. The van der Waals surface area contributed by atoms with Gasteiger partial charge in [0, 0.05) is 10.3 Å². The predicted molar refractivity (Wildman–Crippen MR) is 84.0 cm³/mol. The Bertz CT molecular complexity index is 511. The maximum absolute atomic E-state index is 9.82. The molecule has 2 aromatic carbocycles. The van der Waals surface area contributed by atoms with E-state index in [4.69, 9.17) is 0 Å². The molecular weight excluding hydrogens is 260 g/mol. The highest BCUT2D eigenvalue weighted by Crippen LogP contribution is 2.33. The number of phenols is 1. The van der Waals surface area contributed by atoms with Gasteiger partial charge < -0.3 is 5.11 Å². The van der Waals surface area contributed by atoms with Gasteiger partial charge in [-0.2, -0.15) is 11.8 Å².